The number of rotatable bonds is 7. The second-order valence-electron chi connectivity index (χ2n) is 6.99. The fraction of sp³-hybridized carbons (Fsp3) is 0.0870. The molecule has 0 spiro atoms. The Morgan fingerprint density at radius 1 is 1.03 bits per heavy atom. The Balaban J connectivity index is 1.55. The van der Waals surface area contributed by atoms with E-state index in [2.05, 4.69) is 20.8 Å². The Morgan fingerprint density at radius 3 is 2.49 bits per heavy atom. The molecule has 2 aromatic carbocycles. The minimum absolute atomic E-state index is 0.188. The van der Waals surface area contributed by atoms with Gasteiger partial charge in [-0.2, -0.15) is 17.9 Å². The highest BCUT2D eigenvalue weighted by atomic mass is 19.4. The number of nitrogens with one attached hydrogen (secondary N) is 1. The molecule has 2 aromatic heterocycles. The van der Waals surface area contributed by atoms with Gasteiger partial charge in [0, 0.05) is 11.6 Å². The zero-order chi connectivity index (χ0) is 24.8. The summed E-state index contributed by atoms with van der Waals surface area (Å²) in [4.78, 5) is 25.2. The lowest BCUT2D eigenvalue weighted by molar-refractivity contribution is -0.142. The fourth-order valence-corrected chi connectivity index (χ4v) is 3.06. The highest BCUT2D eigenvalue weighted by Crippen LogP contribution is 2.34. The Morgan fingerprint density at radius 2 is 1.77 bits per heavy atom. The zero-order valence-electron chi connectivity index (χ0n) is 17.8. The number of benzene rings is 2. The van der Waals surface area contributed by atoms with Crippen molar-refractivity contribution in [3.63, 3.8) is 0 Å². The standard InChI is InChI=1S/C23H16F3N5O4/c24-23(25,26)17-10-4-5-11-18(17)27-20(32)14-35-22(33)19(13-16-9-6-12-34-16)31-21(28-29-30-31)15-7-2-1-3-8-15/h1-13H,14H2,(H,27,32). The van der Waals surface area contributed by atoms with E-state index in [9.17, 15) is 22.8 Å². The molecule has 35 heavy (non-hydrogen) atoms. The molecule has 2 heterocycles. The molecule has 0 bridgehead atoms. The molecular formula is C23H16F3N5O4. The number of nitrogens with zero attached hydrogens (tertiary/aromatic N) is 4. The maximum Gasteiger partial charge on any atom is 0.418 e. The van der Waals surface area contributed by atoms with Crippen molar-refractivity contribution in [2.45, 2.75) is 6.18 Å². The average Bonchev–Trinajstić information content (AvgIpc) is 3.53. The van der Waals surface area contributed by atoms with Gasteiger partial charge >= 0.3 is 12.1 Å². The Hall–Kier alpha value is -4.74. The van der Waals surface area contributed by atoms with Gasteiger partial charge in [-0.1, -0.05) is 42.5 Å². The number of carbonyl (C=O) groups is 2. The van der Waals surface area contributed by atoms with Gasteiger partial charge in [-0.15, -0.1) is 5.10 Å². The van der Waals surface area contributed by atoms with Crippen LogP contribution in [-0.4, -0.2) is 38.7 Å². The summed E-state index contributed by atoms with van der Waals surface area (Å²) < 4.78 is 50.9. The minimum Gasteiger partial charge on any atom is -0.465 e. The van der Waals surface area contributed by atoms with Gasteiger partial charge < -0.3 is 14.5 Å². The molecule has 0 saturated carbocycles. The summed E-state index contributed by atoms with van der Waals surface area (Å²) in [5.74, 6) is -1.49. The van der Waals surface area contributed by atoms with Crippen molar-refractivity contribution in [2.75, 3.05) is 11.9 Å². The lowest BCUT2D eigenvalue weighted by Gasteiger charge is -2.14. The van der Waals surface area contributed by atoms with Crippen molar-refractivity contribution in [1.82, 2.24) is 20.2 Å². The maximum absolute atomic E-state index is 13.2. The normalized spacial score (nSPS) is 11.8. The van der Waals surface area contributed by atoms with Crippen molar-refractivity contribution >= 4 is 29.3 Å². The van der Waals surface area contributed by atoms with E-state index in [4.69, 9.17) is 9.15 Å². The molecule has 0 saturated heterocycles. The van der Waals surface area contributed by atoms with Crippen molar-refractivity contribution in [3.05, 3.63) is 84.3 Å². The number of para-hydroxylation sites is 1. The third kappa shape index (κ3) is 5.61. The van der Waals surface area contributed by atoms with Crippen LogP contribution in [-0.2, 0) is 20.5 Å². The van der Waals surface area contributed by atoms with E-state index in [1.165, 1.54) is 24.5 Å². The first-order valence-corrected chi connectivity index (χ1v) is 10.1. The monoisotopic (exact) mass is 483 g/mol. The number of aromatic nitrogens is 4. The molecular weight excluding hydrogens is 467 g/mol. The fourth-order valence-electron chi connectivity index (χ4n) is 3.06. The summed E-state index contributed by atoms with van der Waals surface area (Å²) in [7, 11) is 0. The average molecular weight is 483 g/mol. The number of carbonyl (C=O) groups excluding carboxylic acids is 2. The number of halogens is 3. The predicted molar refractivity (Wildman–Crippen MR) is 117 cm³/mol. The van der Waals surface area contributed by atoms with Gasteiger partial charge in [-0.05, 0) is 34.7 Å². The van der Waals surface area contributed by atoms with Gasteiger partial charge in [-0.3, -0.25) is 4.79 Å². The van der Waals surface area contributed by atoms with Crippen LogP contribution in [0.4, 0.5) is 18.9 Å². The van der Waals surface area contributed by atoms with Gasteiger partial charge in [0.15, 0.2) is 18.1 Å². The number of ether oxygens (including phenoxy) is 1. The van der Waals surface area contributed by atoms with Crippen LogP contribution in [0.2, 0.25) is 0 Å². The van der Waals surface area contributed by atoms with Crippen LogP contribution in [0.3, 0.4) is 0 Å². The first kappa shape index (κ1) is 23.4. The van der Waals surface area contributed by atoms with Gasteiger partial charge in [0.1, 0.15) is 5.76 Å². The quantitative estimate of drug-likeness (QED) is 0.311. The molecule has 0 aliphatic carbocycles. The van der Waals surface area contributed by atoms with Crippen molar-refractivity contribution in [2.24, 2.45) is 0 Å². The Kier molecular flexibility index (Phi) is 6.71. The van der Waals surface area contributed by atoms with E-state index < -0.39 is 35.9 Å². The molecule has 0 fully saturated rings. The molecule has 4 aromatic rings. The van der Waals surface area contributed by atoms with Crippen LogP contribution in [0.15, 0.2) is 77.4 Å². The molecule has 4 rings (SSSR count). The van der Waals surface area contributed by atoms with E-state index in [1.54, 1.807) is 42.5 Å². The Bertz CT molecular complexity index is 1350. The molecule has 9 nitrogen and oxygen atoms in total. The van der Waals surface area contributed by atoms with Crippen molar-refractivity contribution in [3.8, 4) is 11.4 Å². The first-order chi connectivity index (χ1) is 16.8. The second-order valence-corrected chi connectivity index (χ2v) is 6.99. The van der Waals surface area contributed by atoms with Crippen molar-refractivity contribution < 1.29 is 31.9 Å². The number of hydrogen-bond acceptors (Lipinski definition) is 7. The van der Waals surface area contributed by atoms with E-state index >= 15 is 0 Å². The number of alkyl halides is 3. The second kappa shape index (κ2) is 10.0. The summed E-state index contributed by atoms with van der Waals surface area (Å²) in [6.07, 6.45) is -1.98. The highest BCUT2D eigenvalue weighted by molar-refractivity contribution is 6.16. The third-order valence-electron chi connectivity index (χ3n) is 4.60. The van der Waals surface area contributed by atoms with Crippen LogP contribution in [0.5, 0.6) is 0 Å². The van der Waals surface area contributed by atoms with E-state index in [1.807, 2.05) is 0 Å². The number of tetrazole rings is 1. The Labute approximate surface area is 195 Å². The van der Waals surface area contributed by atoms with Gasteiger partial charge in [0.2, 0.25) is 0 Å². The lowest BCUT2D eigenvalue weighted by atomic mass is 10.1. The minimum atomic E-state index is -4.67. The SMILES string of the molecule is O=C(COC(=O)C(=Cc1ccco1)n1nnnc1-c1ccccc1)Nc1ccccc1C(F)(F)F. The molecule has 178 valence electrons. The zero-order valence-corrected chi connectivity index (χ0v) is 17.8. The van der Waals surface area contributed by atoms with E-state index in [0.29, 0.717) is 5.56 Å². The van der Waals surface area contributed by atoms with Gasteiger partial charge in [0.25, 0.3) is 5.91 Å². The van der Waals surface area contributed by atoms with Crippen LogP contribution in [0.25, 0.3) is 23.2 Å². The molecule has 0 aliphatic rings. The molecule has 1 N–H and O–H groups in total. The number of esters is 1. The number of furan rings is 1. The van der Waals surface area contributed by atoms with Crippen LogP contribution in [0.1, 0.15) is 11.3 Å². The number of amides is 1. The van der Waals surface area contributed by atoms with Crippen LogP contribution >= 0.6 is 0 Å². The van der Waals surface area contributed by atoms with E-state index in [0.717, 1.165) is 16.8 Å². The van der Waals surface area contributed by atoms with Crippen LogP contribution < -0.4 is 5.32 Å². The molecule has 0 unspecified atom stereocenters. The molecule has 0 aliphatic heterocycles. The highest BCUT2D eigenvalue weighted by Gasteiger charge is 2.33. The third-order valence-corrected chi connectivity index (χ3v) is 4.60. The first-order valence-electron chi connectivity index (χ1n) is 10.1. The molecule has 1 amide bonds. The van der Waals surface area contributed by atoms with Gasteiger partial charge in [-0.25, -0.2) is 4.79 Å². The smallest absolute Gasteiger partial charge is 0.418 e. The topological polar surface area (TPSA) is 112 Å². The lowest BCUT2D eigenvalue weighted by Crippen LogP contribution is -2.24. The van der Waals surface area contributed by atoms with Crippen molar-refractivity contribution in [1.29, 1.82) is 0 Å². The molecule has 0 radical (unpaired) electrons. The maximum atomic E-state index is 13.2. The van der Waals surface area contributed by atoms with E-state index in [-0.39, 0.29) is 17.3 Å². The molecule has 12 heteroatoms. The summed E-state index contributed by atoms with van der Waals surface area (Å²) in [6, 6.07) is 16.4. The number of hydrogen-bond donors (Lipinski definition) is 1. The molecule has 0 atom stereocenters. The predicted octanol–water partition coefficient (Wildman–Crippen LogP) is 4.13. The summed E-state index contributed by atoms with van der Waals surface area (Å²) in [5.41, 5.74) is -1.08. The van der Waals surface area contributed by atoms with Gasteiger partial charge in [0.05, 0.1) is 17.5 Å². The summed E-state index contributed by atoms with van der Waals surface area (Å²) in [6.45, 7) is -0.858. The summed E-state index contributed by atoms with van der Waals surface area (Å²) in [5, 5.41) is 13.5. The summed E-state index contributed by atoms with van der Waals surface area (Å²) >= 11 is 0. The van der Waals surface area contributed by atoms with Crippen LogP contribution in [0, 0.1) is 0 Å². The number of anilines is 1. The largest absolute Gasteiger partial charge is 0.465 e.